The van der Waals surface area contributed by atoms with Crippen molar-refractivity contribution in [3.63, 3.8) is 0 Å². The van der Waals surface area contributed by atoms with E-state index in [-0.39, 0.29) is 5.82 Å². The fraction of sp³-hybridized carbons (Fsp3) is 0.600. The van der Waals surface area contributed by atoms with Crippen LogP contribution in [0.25, 0.3) is 0 Å². The number of halogens is 1. The molecule has 3 nitrogen and oxygen atoms in total. The summed E-state index contributed by atoms with van der Waals surface area (Å²) < 4.78 is 13.1. The van der Waals surface area contributed by atoms with Gasteiger partial charge in [0.05, 0.1) is 0 Å². The molecule has 1 aromatic rings. The summed E-state index contributed by atoms with van der Waals surface area (Å²) in [5.74, 6) is -0.149. The van der Waals surface area contributed by atoms with Crippen LogP contribution in [0, 0.1) is 5.82 Å². The normalized spacial score (nSPS) is 17.6. The third-order valence-electron chi connectivity index (χ3n) is 3.57. The van der Waals surface area contributed by atoms with E-state index in [0.717, 1.165) is 44.8 Å². The fourth-order valence-electron chi connectivity index (χ4n) is 2.46. The first-order valence-corrected chi connectivity index (χ1v) is 7.10. The molecule has 2 rings (SSSR count). The number of benzene rings is 1. The van der Waals surface area contributed by atoms with Crippen LogP contribution in [-0.4, -0.2) is 56.1 Å². The van der Waals surface area contributed by atoms with Gasteiger partial charge in [0.2, 0.25) is 0 Å². The Morgan fingerprint density at radius 3 is 3.05 bits per heavy atom. The summed E-state index contributed by atoms with van der Waals surface area (Å²) in [6.07, 6.45) is 1.23. The van der Waals surface area contributed by atoms with E-state index in [9.17, 15) is 4.39 Å². The van der Waals surface area contributed by atoms with E-state index in [0.29, 0.717) is 0 Å². The summed E-state index contributed by atoms with van der Waals surface area (Å²) in [4.78, 5) is 4.76. The zero-order chi connectivity index (χ0) is 13.5. The van der Waals surface area contributed by atoms with Gasteiger partial charge in [-0.25, -0.2) is 4.39 Å². The molecule has 0 amide bonds. The van der Waals surface area contributed by atoms with Crippen molar-refractivity contribution >= 4 is 0 Å². The quantitative estimate of drug-likeness (QED) is 0.871. The monoisotopic (exact) mass is 265 g/mol. The molecule has 1 aliphatic heterocycles. The Morgan fingerprint density at radius 1 is 1.32 bits per heavy atom. The molecule has 0 atom stereocenters. The van der Waals surface area contributed by atoms with E-state index >= 15 is 0 Å². The van der Waals surface area contributed by atoms with E-state index in [1.165, 1.54) is 19.0 Å². The number of nitrogens with one attached hydrogen (secondary N) is 1. The van der Waals surface area contributed by atoms with Gasteiger partial charge in [0.1, 0.15) is 5.82 Å². The number of likely N-dealkylation sites (N-methyl/N-ethyl adjacent to an activating group) is 1. The van der Waals surface area contributed by atoms with Crippen LogP contribution in [0.5, 0.6) is 0 Å². The molecule has 106 valence electrons. The smallest absolute Gasteiger partial charge is 0.123 e. The highest BCUT2D eigenvalue weighted by Gasteiger charge is 2.09. The highest BCUT2D eigenvalue weighted by molar-refractivity contribution is 5.15. The molecule has 1 aliphatic rings. The van der Waals surface area contributed by atoms with Gasteiger partial charge >= 0.3 is 0 Å². The highest BCUT2D eigenvalue weighted by atomic mass is 19.1. The maximum absolute atomic E-state index is 13.1. The second-order valence-electron chi connectivity index (χ2n) is 5.31. The van der Waals surface area contributed by atoms with Crippen LogP contribution in [0.15, 0.2) is 24.3 Å². The van der Waals surface area contributed by atoms with Crippen LogP contribution in [0.3, 0.4) is 0 Å². The van der Waals surface area contributed by atoms with Crippen molar-refractivity contribution < 1.29 is 4.39 Å². The summed E-state index contributed by atoms with van der Waals surface area (Å²) in [7, 11) is 2.10. The van der Waals surface area contributed by atoms with Crippen molar-refractivity contribution in [2.45, 2.75) is 13.0 Å². The highest BCUT2D eigenvalue weighted by Crippen LogP contribution is 2.06. The van der Waals surface area contributed by atoms with Gasteiger partial charge in [0.25, 0.3) is 0 Å². The molecule has 1 aromatic carbocycles. The van der Waals surface area contributed by atoms with Gasteiger partial charge in [-0.2, -0.15) is 0 Å². The van der Waals surface area contributed by atoms with E-state index in [4.69, 9.17) is 0 Å². The molecule has 1 N–H and O–H groups in total. The maximum Gasteiger partial charge on any atom is 0.123 e. The van der Waals surface area contributed by atoms with Gasteiger partial charge in [0, 0.05) is 32.7 Å². The summed E-state index contributed by atoms with van der Waals surface area (Å²) in [6, 6.07) is 6.87. The van der Waals surface area contributed by atoms with E-state index in [1.54, 1.807) is 12.1 Å². The molecule has 1 fully saturated rings. The van der Waals surface area contributed by atoms with Gasteiger partial charge in [-0.3, -0.25) is 0 Å². The second-order valence-corrected chi connectivity index (χ2v) is 5.31. The van der Waals surface area contributed by atoms with E-state index < -0.39 is 0 Å². The predicted molar refractivity (Wildman–Crippen MR) is 76.7 cm³/mol. The molecule has 0 aliphatic carbocycles. The summed E-state index contributed by atoms with van der Waals surface area (Å²) in [6.45, 7) is 7.46. The summed E-state index contributed by atoms with van der Waals surface area (Å²) in [5, 5.41) is 3.41. The average Bonchev–Trinajstić information content (AvgIpc) is 2.65. The second kappa shape index (κ2) is 7.58. The lowest BCUT2D eigenvalue weighted by Gasteiger charge is -2.23. The molecular weight excluding hydrogens is 241 g/mol. The first kappa shape index (κ1) is 14.4. The number of hydrogen-bond donors (Lipinski definition) is 1. The van der Waals surface area contributed by atoms with E-state index in [2.05, 4.69) is 22.2 Å². The zero-order valence-corrected chi connectivity index (χ0v) is 11.7. The Morgan fingerprint density at radius 2 is 2.21 bits per heavy atom. The lowest BCUT2D eigenvalue weighted by molar-refractivity contribution is 0.231. The van der Waals surface area contributed by atoms with Gasteiger partial charge in [-0.15, -0.1) is 0 Å². The Hall–Kier alpha value is -0.970. The van der Waals surface area contributed by atoms with Crippen molar-refractivity contribution in [1.29, 1.82) is 0 Å². The van der Waals surface area contributed by atoms with Crippen LogP contribution in [0.2, 0.25) is 0 Å². The molecule has 0 aromatic heterocycles. The first-order chi connectivity index (χ1) is 9.24. The number of rotatable bonds is 5. The molecule has 0 bridgehead atoms. The van der Waals surface area contributed by atoms with Crippen molar-refractivity contribution in [1.82, 2.24) is 15.1 Å². The van der Waals surface area contributed by atoms with Crippen molar-refractivity contribution in [3.05, 3.63) is 35.6 Å². The summed E-state index contributed by atoms with van der Waals surface area (Å²) >= 11 is 0. The fourth-order valence-corrected chi connectivity index (χ4v) is 2.46. The van der Waals surface area contributed by atoms with Crippen molar-refractivity contribution in [2.24, 2.45) is 0 Å². The van der Waals surface area contributed by atoms with Crippen LogP contribution in [0.4, 0.5) is 4.39 Å². The van der Waals surface area contributed by atoms with Crippen molar-refractivity contribution in [3.8, 4) is 0 Å². The van der Waals surface area contributed by atoms with E-state index in [1.807, 2.05) is 6.07 Å². The third kappa shape index (κ3) is 5.27. The molecule has 0 unspecified atom stereocenters. The Bertz CT molecular complexity index is 375. The molecular formula is C15H24FN3. The number of hydrogen-bond acceptors (Lipinski definition) is 3. The lowest BCUT2D eigenvalue weighted by atomic mass is 10.2. The zero-order valence-electron chi connectivity index (χ0n) is 11.7. The lowest BCUT2D eigenvalue weighted by Crippen LogP contribution is -2.35. The first-order valence-electron chi connectivity index (χ1n) is 7.10. The number of nitrogens with zero attached hydrogens (tertiary/aromatic N) is 2. The van der Waals surface area contributed by atoms with Gasteiger partial charge < -0.3 is 15.1 Å². The largest absolute Gasteiger partial charge is 0.315 e. The molecule has 1 saturated heterocycles. The minimum absolute atomic E-state index is 0.149. The average molecular weight is 265 g/mol. The Kier molecular flexibility index (Phi) is 5.76. The Balaban J connectivity index is 1.73. The standard InChI is InChI=1S/C15H24FN3/c1-18(13-14-4-2-5-15(16)12-14)10-11-19-8-3-6-17-7-9-19/h2,4-5,12,17H,3,6-11,13H2,1H3. The van der Waals surface area contributed by atoms with Crippen molar-refractivity contribution in [2.75, 3.05) is 46.3 Å². The Labute approximate surface area is 115 Å². The van der Waals surface area contributed by atoms with Crippen LogP contribution in [-0.2, 0) is 6.54 Å². The molecule has 19 heavy (non-hydrogen) atoms. The topological polar surface area (TPSA) is 18.5 Å². The molecule has 4 heteroatoms. The van der Waals surface area contributed by atoms with Gasteiger partial charge in [0.15, 0.2) is 0 Å². The van der Waals surface area contributed by atoms with Gasteiger partial charge in [-0.05, 0) is 44.3 Å². The summed E-state index contributed by atoms with van der Waals surface area (Å²) in [5.41, 5.74) is 1.04. The minimum Gasteiger partial charge on any atom is -0.315 e. The SMILES string of the molecule is CN(CCN1CCCNCC1)Cc1cccc(F)c1. The van der Waals surface area contributed by atoms with Crippen LogP contribution < -0.4 is 5.32 Å². The minimum atomic E-state index is -0.149. The van der Waals surface area contributed by atoms with Crippen LogP contribution in [0.1, 0.15) is 12.0 Å². The van der Waals surface area contributed by atoms with Crippen LogP contribution >= 0.6 is 0 Å². The maximum atomic E-state index is 13.1. The molecule has 0 radical (unpaired) electrons. The molecule has 1 heterocycles. The third-order valence-corrected chi connectivity index (χ3v) is 3.57. The predicted octanol–water partition coefficient (Wildman–Crippen LogP) is 1.55. The van der Waals surface area contributed by atoms with Gasteiger partial charge in [-0.1, -0.05) is 12.1 Å². The molecule has 0 spiro atoms. The molecule has 0 saturated carbocycles.